The summed E-state index contributed by atoms with van der Waals surface area (Å²) in [6.07, 6.45) is 4.00. The van der Waals surface area contributed by atoms with E-state index >= 15 is 0 Å². The van der Waals surface area contributed by atoms with Gasteiger partial charge >= 0.3 is 0 Å². The maximum atomic E-state index is 13.0. The predicted molar refractivity (Wildman–Crippen MR) is 103 cm³/mol. The molecule has 0 radical (unpaired) electrons. The van der Waals surface area contributed by atoms with Gasteiger partial charge in [-0.2, -0.15) is 4.31 Å². The zero-order chi connectivity index (χ0) is 19.0. The van der Waals surface area contributed by atoms with Crippen LogP contribution in [0.3, 0.4) is 0 Å². The number of nitrogens with one attached hydrogen (secondary N) is 1. The molecule has 2 aliphatic rings. The number of halogens is 1. The van der Waals surface area contributed by atoms with Crippen molar-refractivity contribution in [2.24, 2.45) is 18.9 Å². The lowest BCUT2D eigenvalue weighted by molar-refractivity contribution is 0.172. The number of aromatic nitrogens is 2. The summed E-state index contributed by atoms with van der Waals surface area (Å²) in [5.74, 6) is 0.510. The van der Waals surface area contributed by atoms with Gasteiger partial charge in [0, 0.05) is 56.3 Å². The number of imidazole rings is 1. The molecule has 0 aliphatic carbocycles. The minimum atomic E-state index is -3.62. The molecular weight excluding hydrogens is 388 g/mol. The molecule has 0 amide bonds. The highest BCUT2D eigenvalue weighted by molar-refractivity contribution is 7.89. The normalized spacial score (nSPS) is 26.5. The second-order valence-electron chi connectivity index (χ2n) is 7.25. The molecule has 2 aromatic rings. The molecule has 2 saturated heterocycles. The van der Waals surface area contributed by atoms with E-state index in [1.807, 2.05) is 24.3 Å². The topological polar surface area (TPSA) is 76.5 Å². The Balaban J connectivity index is 1.59. The van der Waals surface area contributed by atoms with Gasteiger partial charge < -0.3 is 14.6 Å². The Hall–Kier alpha value is -1.61. The largest absolute Gasteiger partial charge is 0.381 e. The third-order valence-electron chi connectivity index (χ3n) is 5.36. The van der Waals surface area contributed by atoms with Gasteiger partial charge in [0.1, 0.15) is 0 Å². The van der Waals surface area contributed by atoms with E-state index in [0.717, 1.165) is 18.7 Å². The first-order chi connectivity index (χ1) is 12.9. The first-order valence-corrected chi connectivity index (χ1v) is 10.8. The molecule has 0 saturated carbocycles. The van der Waals surface area contributed by atoms with Crippen molar-refractivity contribution in [3.05, 3.63) is 41.8 Å². The average molecular weight is 411 g/mol. The molecule has 4 rings (SSSR count). The molecule has 2 aliphatic heterocycles. The van der Waals surface area contributed by atoms with Gasteiger partial charge in [-0.05, 0) is 36.5 Å². The second kappa shape index (κ2) is 7.43. The van der Waals surface area contributed by atoms with Crippen molar-refractivity contribution in [1.82, 2.24) is 13.9 Å². The van der Waals surface area contributed by atoms with Crippen LogP contribution in [-0.2, 0) is 21.8 Å². The SMILES string of the molecule is Cn1cnc(S(=O)(=O)N2C[C@@H](Nc3cccc(Cl)c3)[C@H](C3CCOC3)C2)c1. The summed E-state index contributed by atoms with van der Waals surface area (Å²) in [7, 11) is -1.86. The van der Waals surface area contributed by atoms with Gasteiger partial charge in [-0.25, -0.2) is 13.4 Å². The fraction of sp³-hybridized carbons (Fsp3) is 0.500. The van der Waals surface area contributed by atoms with Crippen molar-refractivity contribution >= 4 is 27.3 Å². The molecule has 0 spiro atoms. The van der Waals surface area contributed by atoms with Crippen molar-refractivity contribution in [2.45, 2.75) is 17.5 Å². The number of sulfonamides is 1. The zero-order valence-corrected chi connectivity index (χ0v) is 16.7. The van der Waals surface area contributed by atoms with E-state index in [0.29, 0.717) is 30.6 Å². The Bertz CT molecular complexity index is 911. The number of hydrogen-bond acceptors (Lipinski definition) is 5. The van der Waals surface area contributed by atoms with Crippen LogP contribution in [0.1, 0.15) is 6.42 Å². The lowest BCUT2D eigenvalue weighted by Crippen LogP contribution is -2.33. The molecule has 3 atom stereocenters. The van der Waals surface area contributed by atoms with Crippen LogP contribution >= 0.6 is 11.6 Å². The maximum absolute atomic E-state index is 13.0. The number of aryl methyl sites for hydroxylation is 1. The van der Waals surface area contributed by atoms with Crippen molar-refractivity contribution < 1.29 is 13.2 Å². The lowest BCUT2D eigenvalue weighted by Gasteiger charge is -2.25. The first-order valence-electron chi connectivity index (χ1n) is 9.01. The standard InChI is InChI=1S/C18H23ClN4O3S/c1-22-10-18(20-12-22)27(24,25)23-8-16(13-5-6-26-11-13)17(9-23)21-15-4-2-3-14(19)7-15/h2-4,7,10,12-13,16-17,21H,5-6,8-9,11H2,1H3/t13?,16-,17+/m0/s1. The van der Waals surface area contributed by atoms with Gasteiger partial charge in [-0.15, -0.1) is 0 Å². The molecule has 0 bridgehead atoms. The Kier molecular flexibility index (Phi) is 5.15. The monoisotopic (exact) mass is 410 g/mol. The Labute approximate surface area is 164 Å². The quantitative estimate of drug-likeness (QED) is 0.817. The highest BCUT2D eigenvalue weighted by Crippen LogP contribution is 2.34. The van der Waals surface area contributed by atoms with Crippen LogP contribution in [0.25, 0.3) is 0 Å². The summed E-state index contributed by atoms with van der Waals surface area (Å²) < 4.78 is 34.8. The van der Waals surface area contributed by atoms with E-state index in [4.69, 9.17) is 16.3 Å². The van der Waals surface area contributed by atoms with Gasteiger partial charge in [0.25, 0.3) is 10.0 Å². The fourth-order valence-corrected chi connectivity index (χ4v) is 5.62. The summed E-state index contributed by atoms with van der Waals surface area (Å²) in [6, 6.07) is 7.51. The summed E-state index contributed by atoms with van der Waals surface area (Å²) in [4.78, 5) is 4.05. The highest BCUT2D eigenvalue weighted by atomic mass is 35.5. The molecule has 1 aromatic heterocycles. The van der Waals surface area contributed by atoms with Gasteiger partial charge in [-0.3, -0.25) is 0 Å². The Morgan fingerprint density at radius 1 is 1.33 bits per heavy atom. The third-order valence-corrected chi connectivity index (χ3v) is 7.32. The minimum absolute atomic E-state index is 0.00588. The summed E-state index contributed by atoms with van der Waals surface area (Å²) >= 11 is 6.10. The average Bonchev–Trinajstić information content (AvgIpc) is 3.34. The molecule has 3 heterocycles. The molecule has 2 fully saturated rings. The van der Waals surface area contributed by atoms with E-state index in [1.54, 1.807) is 22.1 Å². The van der Waals surface area contributed by atoms with Crippen molar-refractivity contribution in [3.8, 4) is 0 Å². The third kappa shape index (κ3) is 3.85. The van der Waals surface area contributed by atoms with Gasteiger partial charge in [0.2, 0.25) is 0 Å². The molecule has 146 valence electrons. The van der Waals surface area contributed by atoms with E-state index in [2.05, 4.69) is 10.3 Å². The second-order valence-corrected chi connectivity index (χ2v) is 9.57. The molecule has 9 heteroatoms. The van der Waals surface area contributed by atoms with E-state index < -0.39 is 10.0 Å². The van der Waals surface area contributed by atoms with Crippen LogP contribution in [0.5, 0.6) is 0 Å². The number of ether oxygens (including phenoxy) is 1. The molecule has 1 N–H and O–H groups in total. The van der Waals surface area contributed by atoms with Gasteiger partial charge in [-0.1, -0.05) is 17.7 Å². The Morgan fingerprint density at radius 3 is 2.85 bits per heavy atom. The van der Waals surface area contributed by atoms with Crippen LogP contribution < -0.4 is 5.32 Å². The van der Waals surface area contributed by atoms with Crippen molar-refractivity contribution in [3.63, 3.8) is 0 Å². The van der Waals surface area contributed by atoms with Crippen LogP contribution in [0, 0.1) is 11.8 Å². The summed E-state index contributed by atoms with van der Waals surface area (Å²) in [5.41, 5.74) is 0.897. The molecule has 27 heavy (non-hydrogen) atoms. The van der Waals surface area contributed by atoms with E-state index in [-0.39, 0.29) is 17.0 Å². The number of nitrogens with zero attached hydrogens (tertiary/aromatic N) is 3. The molecule has 7 nitrogen and oxygen atoms in total. The van der Waals surface area contributed by atoms with E-state index in [9.17, 15) is 8.42 Å². The molecular formula is C18H23ClN4O3S. The lowest BCUT2D eigenvalue weighted by atomic mass is 9.87. The van der Waals surface area contributed by atoms with Crippen molar-refractivity contribution in [2.75, 3.05) is 31.6 Å². The van der Waals surface area contributed by atoms with Crippen molar-refractivity contribution in [1.29, 1.82) is 0 Å². The first kappa shape index (κ1) is 18.7. The van der Waals surface area contributed by atoms with Crippen LogP contribution in [0.15, 0.2) is 41.8 Å². The van der Waals surface area contributed by atoms with E-state index in [1.165, 1.54) is 6.33 Å². The molecule has 1 unspecified atom stereocenters. The number of hydrogen-bond donors (Lipinski definition) is 1. The predicted octanol–water partition coefficient (Wildman–Crippen LogP) is 2.21. The smallest absolute Gasteiger partial charge is 0.262 e. The minimum Gasteiger partial charge on any atom is -0.381 e. The zero-order valence-electron chi connectivity index (χ0n) is 15.1. The van der Waals surface area contributed by atoms with Crippen LogP contribution in [0.4, 0.5) is 5.69 Å². The van der Waals surface area contributed by atoms with Crippen LogP contribution in [-0.4, -0.2) is 54.6 Å². The molecule has 1 aromatic carbocycles. The highest BCUT2D eigenvalue weighted by Gasteiger charge is 2.44. The fourth-order valence-electron chi connectivity index (χ4n) is 3.96. The Morgan fingerprint density at radius 2 is 2.19 bits per heavy atom. The summed E-state index contributed by atoms with van der Waals surface area (Å²) in [5, 5.41) is 4.24. The number of rotatable bonds is 5. The number of benzene rings is 1. The maximum Gasteiger partial charge on any atom is 0.262 e. The number of anilines is 1. The van der Waals surface area contributed by atoms with Crippen LogP contribution in [0.2, 0.25) is 5.02 Å². The van der Waals surface area contributed by atoms with Gasteiger partial charge in [0.15, 0.2) is 5.03 Å². The summed E-state index contributed by atoms with van der Waals surface area (Å²) in [6.45, 7) is 2.27. The van der Waals surface area contributed by atoms with Gasteiger partial charge in [0.05, 0.1) is 6.33 Å².